The van der Waals surface area contributed by atoms with Gasteiger partial charge in [0.1, 0.15) is 5.75 Å². The van der Waals surface area contributed by atoms with Gasteiger partial charge in [-0.25, -0.2) is 4.98 Å². The molecule has 6 nitrogen and oxygen atoms in total. The molecule has 3 rings (SSSR count). The summed E-state index contributed by atoms with van der Waals surface area (Å²) in [4.78, 5) is 18.9. The van der Waals surface area contributed by atoms with Gasteiger partial charge in [-0.2, -0.15) is 0 Å². The maximum Gasteiger partial charge on any atom is 0.264 e. The molecule has 1 aliphatic rings. The minimum Gasteiger partial charge on any atom is -0.484 e. The number of carbonyl (C=O) groups excluding carboxylic acids is 1. The molecule has 1 aliphatic heterocycles. The number of morpholine rings is 1. The van der Waals surface area contributed by atoms with E-state index in [1.807, 2.05) is 17.5 Å². The second-order valence-electron chi connectivity index (χ2n) is 7.04. The van der Waals surface area contributed by atoms with Crippen molar-refractivity contribution in [2.45, 2.75) is 33.2 Å². The van der Waals surface area contributed by atoms with Gasteiger partial charge in [0.2, 0.25) is 0 Å². The topological polar surface area (TPSA) is 63.7 Å². The highest BCUT2D eigenvalue weighted by atomic mass is 32.1. The van der Waals surface area contributed by atoms with Crippen LogP contribution in [0.3, 0.4) is 0 Å². The van der Waals surface area contributed by atoms with Crippen LogP contribution in [0.4, 0.5) is 5.13 Å². The molecular weight excluding hydrogens is 362 g/mol. The molecule has 2 heterocycles. The number of hydrogen-bond acceptors (Lipinski definition) is 6. The first-order valence-electron chi connectivity index (χ1n) is 9.29. The lowest BCUT2D eigenvalue weighted by atomic mass is 9.98. The fourth-order valence-corrected chi connectivity index (χ4v) is 3.83. The van der Waals surface area contributed by atoms with Crippen LogP contribution in [0.5, 0.6) is 5.75 Å². The Bertz CT molecular complexity index is 770. The van der Waals surface area contributed by atoms with Gasteiger partial charge in [-0.3, -0.25) is 15.0 Å². The first kappa shape index (κ1) is 19.8. The molecule has 0 aliphatic carbocycles. The quantitative estimate of drug-likeness (QED) is 0.786. The van der Waals surface area contributed by atoms with E-state index in [1.54, 1.807) is 0 Å². The number of nitrogens with zero attached hydrogens (tertiary/aromatic N) is 2. The Hall–Kier alpha value is -1.96. The van der Waals surface area contributed by atoms with E-state index in [9.17, 15) is 4.79 Å². The second-order valence-corrected chi connectivity index (χ2v) is 7.90. The van der Waals surface area contributed by atoms with E-state index in [-0.39, 0.29) is 12.5 Å². The SMILES string of the molecule is Cc1cc(OCC(=O)Nc2nc(CN3CCOCC3)cs2)ccc1C(C)C. The number of aromatic nitrogens is 1. The minimum atomic E-state index is -0.201. The van der Waals surface area contributed by atoms with Crippen LogP contribution in [0.15, 0.2) is 23.6 Å². The van der Waals surface area contributed by atoms with Crippen molar-refractivity contribution in [3.63, 3.8) is 0 Å². The Kier molecular flexibility index (Phi) is 6.82. The lowest BCUT2D eigenvalue weighted by Gasteiger charge is -2.25. The number of anilines is 1. The number of carbonyl (C=O) groups is 1. The Morgan fingerprint density at radius 3 is 2.85 bits per heavy atom. The van der Waals surface area contributed by atoms with Gasteiger partial charge in [-0.15, -0.1) is 11.3 Å². The number of benzene rings is 1. The van der Waals surface area contributed by atoms with E-state index in [0.717, 1.165) is 38.5 Å². The normalized spacial score (nSPS) is 15.1. The number of hydrogen-bond donors (Lipinski definition) is 1. The Labute approximate surface area is 164 Å². The number of amides is 1. The maximum absolute atomic E-state index is 12.1. The summed E-state index contributed by atoms with van der Waals surface area (Å²) in [6, 6.07) is 5.96. The van der Waals surface area contributed by atoms with E-state index in [1.165, 1.54) is 22.5 Å². The zero-order valence-electron chi connectivity index (χ0n) is 16.2. The van der Waals surface area contributed by atoms with Crippen LogP contribution in [0.2, 0.25) is 0 Å². The summed E-state index contributed by atoms with van der Waals surface area (Å²) in [6.45, 7) is 10.5. The van der Waals surface area contributed by atoms with Gasteiger partial charge < -0.3 is 9.47 Å². The number of nitrogens with one attached hydrogen (secondary N) is 1. The minimum absolute atomic E-state index is 0.0289. The van der Waals surface area contributed by atoms with Crippen molar-refractivity contribution in [2.75, 3.05) is 38.2 Å². The molecule has 1 saturated heterocycles. The van der Waals surface area contributed by atoms with Gasteiger partial charge >= 0.3 is 0 Å². The molecule has 7 heteroatoms. The van der Waals surface area contributed by atoms with E-state index in [2.05, 4.69) is 42.0 Å². The fourth-order valence-electron chi connectivity index (χ4n) is 3.12. The molecule has 0 radical (unpaired) electrons. The molecule has 1 aromatic carbocycles. The molecule has 1 N–H and O–H groups in total. The van der Waals surface area contributed by atoms with Crippen molar-refractivity contribution in [3.8, 4) is 5.75 Å². The van der Waals surface area contributed by atoms with Crippen LogP contribution >= 0.6 is 11.3 Å². The van der Waals surface area contributed by atoms with E-state index >= 15 is 0 Å². The van der Waals surface area contributed by atoms with Crippen LogP contribution in [0.25, 0.3) is 0 Å². The first-order valence-corrected chi connectivity index (χ1v) is 10.2. The van der Waals surface area contributed by atoms with Gasteiger partial charge in [-0.1, -0.05) is 19.9 Å². The van der Waals surface area contributed by atoms with Crippen LogP contribution in [0, 0.1) is 6.92 Å². The molecule has 2 aromatic rings. The second kappa shape index (κ2) is 9.30. The average molecular weight is 390 g/mol. The molecule has 27 heavy (non-hydrogen) atoms. The predicted molar refractivity (Wildman–Crippen MR) is 108 cm³/mol. The molecule has 1 fully saturated rings. The van der Waals surface area contributed by atoms with Crippen LogP contribution < -0.4 is 10.1 Å². The third-order valence-corrected chi connectivity index (χ3v) is 5.33. The van der Waals surface area contributed by atoms with Gasteiger partial charge in [0.05, 0.1) is 18.9 Å². The highest BCUT2D eigenvalue weighted by molar-refractivity contribution is 7.13. The van der Waals surface area contributed by atoms with Crippen LogP contribution in [-0.4, -0.2) is 48.7 Å². The molecule has 0 saturated carbocycles. The zero-order valence-corrected chi connectivity index (χ0v) is 17.0. The van der Waals surface area contributed by atoms with Crippen LogP contribution in [-0.2, 0) is 16.1 Å². The highest BCUT2D eigenvalue weighted by Crippen LogP contribution is 2.23. The predicted octanol–water partition coefficient (Wildman–Crippen LogP) is 3.42. The monoisotopic (exact) mass is 389 g/mol. The standard InChI is InChI=1S/C20H27N3O3S/c1-14(2)18-5-4-17(10-15(18)3)26-12-19(24)22-20-21-16(13-27-20)11-23-6-8-25-9-7-23/h4-5,10,13-14H,6-9,11-12H2,1-3H3,(H,21,22,24). The average Bonchev–Trinajstić information content (AvgIpc) is 3.07. The molecule has 0 bridgehead atoms. The Morgan fingerprint density at radius 1 is 1.37 bits per heavy atom. The summed E-state index contributed by atoms with van der Waals surface area (Å²) < 4.78 is 11.0. The third-order valence-electron chi connectivity index (χ3n) is 4.52. The molecular formula is C20H27N3O3S. The molecule has 1 aromatic heterocycles. The number of rotatable bonds is 7. The van der Waals surface area contributed by atoms with E-state index in [4.69, 9.17) is 9.47 Å². The number of aryl methyl sites for hydroxylation is 1. The van der Waals surface area contributed by atoms with Crippen LogP contribution in [0.1, 0.15) is 36.6 Å². The van der Waals surface area contributed by atoms with Crippen molar-refractivity contribution in [2.24, 2.45) is 0 Å². The van der Waals surface area contributed by atoms with Crippen molar-refractivity contribution in [1.82, 2.24) is 9.88 Å². The number of ether oxygens (including phenoxy) is 2. The highest BCUT2D eigenvalue weighted by Gasteiger charge is 2.14. The summed E-state index contributed by atoms with van der Waals surface area (Å²) in [6.07, 6.45) is 0. The fraction of sp³-hybridized carbons (Fsp3) is 0.500. The maximum atomic E-state index is 12.1. The van der Waals surface area contributed by atoms with Gasteiger partial charge in [0.25, 0.3) is 5.91 Å². The lowest BCUT2D eigenvalue weighted by molar-refractivity contribution is -0.118. The molecule has 0 atom stereocenters. The molecule has 146 valence electrons. The summed E-state index contributed by atoms with van der Waals surface area (Å²) in [5, 5.41) is 5.41. The molecule has 0 unspecified atom stereocenters. The zero-order chi connectivity index (χ0) is 19.2. The first-order chi connectivity index (χ1) is 13.0. The Balaban J connectivity index is 1.47. The van der Waals surface area contributed by atoms with Crippen molar-refractivity contribution in [1.29, 1.82) is 0 Å². The van der Waals surface area contributed by atoms with Gasteiger partial charge in [-0.05, 0) is 36.1 Å². The smallest absolute Gasteiger partial charge is 0.264 e. The third kappa shape index (κ3) is 5.76. The summed E-state index contributed by atoms with van der Waals surface area (Å²) >= 11 is 1.44. The Morgan fingerprint density at radius 2 is 2.15 bits per heavy atom. The molecule has 1 amide bonds. The van der Waals surface area contributed by atoms with Crippen molar-refractivity contribution in [3.05, 3.63) is 40.4 Å². The van der Waals surface area contributed by atoms with Crippen molar-refractivity contribution < 1.29 is 14.3 Å². The van der Waals surface area contributed by atoms with Crippen molar-refractivity contribution >= 4 is 22.4 Å². The van der Waals surface area contributed by atoms with E-state index < -0.39 is 0 Å². The largest absolute Gasteiger partial charge is 0.484 e. The molecule has 0 spiro atoms. The van der Waals surface area contributed by atoms with Gasteiger partial charge in [0.15, 0.2) is 11.7 Å². The van der Waals surface area contributed by atoms with E-state index in [0.29, 0.717) is 16.8 Å². The summed E-state index contributed by atoms with van der Waals surface area (Å²) in [7, 11) is 0. The number of thiazole rings is 1. The van der Waals surface area contributed by atoms with Gasteiger partial charge in [0, 0.05) is 25.0 Å². The summed E-state index contributed by atoms with van der Waals surface area (Å²) in [5.74, 6) is 0.978. The lowest BCUT2D eigenvalue weighted by Crippen LogP contribution is -2.35. The summed E-state index contributed by atoms with van der Waals surface area (Å²) in [5.41, 5.74) is 3.44.